The zero-order valence-corrected chi connectivity index (χ0v) is 19.4. The Balaban J connectivity index is 1.91. The van der Waals surface area contributed by atoms with Gasteiger partial charge in [0.05, 0.1) is 23.1 Å². The van der Waals surface area contributed by atoms with E-state index in [2.05, 4.69) is 5.32 Å². The topological polar surface area (TPSA) is 90.3 Å². The Morgan fingerprint density at radius 1 is 1.06 bits per heavy atom. The number of carbonyl (C=O) groups is 1. The highest BCUT2D eigenvalue weighted by molar-refractivity contribution is 7.89. The zero-order chi connectivity index (χ0) is 23.3. The zero-order valence-electron chi connectivity index (χ0n) is 17.0. The van der Waals surface area contributed by atoms with Crippen molar-refractivity contribution in [1.82, 2.24) is 4.31 Å². The van der Waals surface area contributed by atoms with Gasteiger partial charge in [-0.1, -0.05) is 53.0 Å². The molecule has 9 heteroatoms. The number of carbonyl (C=O) groups excluding carboxylic acids is 1. The molecule has 0 saturated carbocycles. The minimum atomic E-state index is -4.01. The van der Waals surface area contributed by atoms with Gasteiger partial charge < -0.3 is 5.32 Å². The van der Waals surface area contributed by atoms with Gasteiger partial charge in [-0.2, -0.15) is 9.57 Å². The molecule has 0 aromatic heterocycles. The normalized spacial score (nSPS) is 11.2. The lowest BCUT2D eigenvalue weighted by Gasteiger charge is -2.22. The van der Waals surface area contributed by atoms with Crippen molar-refractivity contribution >= 4 is 44.8 Å². The lowest BCUT2D eigenvalue weighted by atomic mass is 10.2. The van der Waals surface area contributed by atoms with Crippen LogP contribution in [0.2, 0.25) is 10.0 Å². The first-order valence-corrected chi connectivity index (χ1v) is 11.7. The van der Waals surface area contributed by atoms with Gasteiger partial charge in [-0.05, 0) is 55.0 Å². The predicted molar refractivity (Wildman–Crippen MR) is 125 cm³/mol. The molecule has 0 aliphatic rings. The first-order valence-electron chi connectivity index (χ1n) is 9.50. The summed E-state index contributed by atoms with van der Waals surface area (Å²) < 4.78 is 27.7. The summed E-state index contributed by atoms with van der Waals surface area (Å²) in [7, 11) is -4.01. The molecule has 3 aromatic carbocycles. The average molecular weight is 488 g/mol. The molecule has 0 bridgehead atoms. The maximum Gasteiger partial charge on any atom is 0.243 e. The third-order valence-corrected chi connectivity index (χ3v) is 7.01. The van der Waals surface area contributed by atoms with E-state index in [-0.39, 0.29) is 11.4 Å². The molecule has 0 unspecified atom stereocenters. The van der Waals surface area contributed by atoms with E-state index in [0.29, 0.717) is 26.9 Å². The Morgan fingerprint density at radius 2 is 1.78 bits per heavy atom. The van der Waals surface area contributed by atoms with Crippen LogP contribution in [0.15, 0.2) is 71.6 Å². The molecule has 0 saturated heterocycles. The lowest BCUT2D eigenvalue weighted by molar-refractivity contribution is -0.116. The number of anilines is 1. The van der Waals surface area contributed by atoms with Crippen molar-refractivity contribution in [2.45, 2.75) is 18.4 Å². The van der Waals surface area contributed by atoms with E-state index in [1.54, 1.807) is 42.5 Å². The predicted octanol–water partition coefficient (Wildman–Crippen LogP) is 5.00. The van der Waals surface area contributed by atoms with E-state index >= 15 is 0 Å². The molecule has 0 aliphatic carbocycles. The molecule has 1 amide bonds. The van der Waals surface area contributed by atoms with Crippen LogP contribution in [0.1, 0.15) is 16.7 Å². The van der Waals surface area contributed by atoms with E-state index < -0.39 is 22.5 Å². The number of nitrogens with zero attached hydrogens (tertiary/aromatic N) is 2. The number of hydrogen-bond acceptors (Lipinski definition) is 4. The minimum absolute atomic E-state index is 0.0625. The van der Waals surface area contributed by atoms with Crippen molar-refractivity contribution in [2.24, 2.45) is 0 Å². The van der Waals surface area contributed by atoms with Gasteiger partial charge in [-0.15, -0.1) is 0 Å². The Morgan fingerprint density at radius 3 is 2.44 bits per heavy atom. The third-order valence-electron chi connectivity index (χ3n) is 4.62. The Kier molecular flexibility index (Phi) is 7.54. The van der Waals surface area contributed by atoms with Crippen LogP contribution in [0, 0.1) is 18.3 Å². The average Bonchev–Trinajstić information content (AvgIpc) is 2.75. The van der Waals surface area contributed by atoms with Gasteiger partial charge in [0.25, 0.3) is 0 Å². The summed E-state index contributed by atoms with van der Waals surface area (Å²) in [6.45, 7) is 1.27. The number of benzene rings is 3. The highest BCUT2D eigenvalue weighted by atomic mass is 35.5. The van der Waals surface area contributed by atoms with Crippen LogP contribution < -0.4 is 5.32 Å². The summed E-state index contributed by atoms with van der Waals surface area (Å²) >= 11 is 12.2. The molecular weight excluding hydrogens is 469 g/mol. The molecule has 0 fully saturated rings. The maximum atomic E-state index is 13.3. The van der Waals surface area contributed by atoms with Gasteiger partial charge in [0, 0.05) is 22.3 Å². The third kappa shape index (κ3) is 5.87. The van der Waals surface area contributed by atoms with E-state index in [4.69, 9.17) is 28.5 Å². The van der Waals surface area contributed by atoms with Crippen LogP contribution in [0.3, 0.4) is 0 Å². The highest BCUT2D eigenvalue weighted by Crippen LogP contribution is 2.25. The minimum Gasteiger partial charge on any atom is -0.325 e. The standard InChI is InChI=1S/C23H19Cl2N3O3S/c1-16-5-9-21(10-6-16)32(30,31)28(14-18-7-8-19(24)12-22(18)25)15-23(29)27-20-4-2-3-17(11-20)13-26/h2-12H,14-15H2,1H3,(H,27,29). The van der Waals surface area contributed by atoms with Gasteiger partial charge in [-0.3, -0.25) is 4.79 Å². The van der Waals surface area contributed by atoms with Crippen LogP contribution in [-0.2, 0) is 21.4 Å². The van der Waals surface area contributed by atoms with Crippen LogP contribution in [0.5, 0.6) is 0 Å². The fraction of sp³-hybridized carbons (Fsp3) is 0.130. The van der Waals surface area contributed by atoms with Gasteiger partial charge >= 0.3 is 0 Å². The first kappa shape index (κ1) is 23.8. The molecule has 6 nitrogen and oxygen atoms in total. The maximum absolute atomic E-state index is 13.3. The van der Waals surface area contributed by atoms with Crippen molar-refractivity contribution < 1.29 is 13.2 Å². The second-order valence-electron chi connectivity index (χ2n) is 7.06. The molecule has 1 N–H and O–H groups in total. The van der Waals surface area contributed by atoms with Gasteiger partial charge in [0.15, 0.2) is 0 Å². The molecule has 0 radical (unpaired) electrons. The van der Waals surface area contributed by atoms with Crippen molar-refractivity contribution in [3.63, 3.8) is 0 Å². The molecule has 164 valence electrons. The van der Waals surface area contributed by atoms with Crippen LogP contribution in [0.4, 0.5) is 5.69 Å². The lowest BCUT2D eigenvalue weighted by Crippen LogP contribution is -2.37. The van der Waals surface area contributed by atoms with Crippen molar-refractivity contribution in [2.75, 3.05) is 11.9 Å². The number of nitrogens with one attached hydrogen (secondary N) is 1. The van der Waals surface area contributed by atoms with Crippen molar-refractivity contribution in [3.05, 3.63) is 93.5 Å². The van der Waals surface area contributed by atoms with Crippen molar-refractivity contribution in [3.8, 4) is 6.07 Å². The number of rotatable bonds is 7. The summed E-state index contributed by atoms with van der Waals surface area (Å²) in [5.74, 6) is -0.555. The summed E-state index contributed by atoms with van der Waals surface area (Å²) in [6, 6.07) is 19.5. The fourth-order valence-electron chi connectivity index (χ4n) is 2.95. The molecule has 0 aliphatic heterocycles. The summed E-state index contributed by atoms with van der Waals surface area (Å²) in [5, 5.41) is 12.4. The second kappa shape index (κ2) is 10.2. The number of aryl methyl sites for hydroxylation is 1. The number of hydrogen-bond donors (Lipinski definition) is 1. The molecule has 3 aromatic rings. The smallest absolute Gasteiger partial charge is 0.243 e. The van der Waals surface area contributed by atoms with E-state index in [0.717, 1.165) is 9.87 Å². The Labute approximate surface area is 197 Å². The van der Waals surface area contributed by atoms with E-state index in [1.807, 2.05) is 13.0 Å². The van der Waals surface area contributed by atoms with Crippen LogP contribution in [0.25, 0.3) is 0 Å². The second-order valence-corrected chi connectivity index (χ2v) is 9.84. The van der Waals surface area contributed by atoms with Gasteiger partial charge in [0.2, 0.25) is 15.9 Å². The molecule has 32 heavy (non-hydrogen) atoms. The van der Waals surface area contributed by atoms with Gasteiger partial charge in [0.1, 0.15) is 0 Å². The largest absolute Gasteiger partial charge is 0.325 e. The van der Waals surface area contributed by atoms with Crippen LogP contribution >= 0.6 is 23.2 Å². The number of halogens is 2. The summed E-state index contributed by atoms with van der Waals surface area (Å²) in [6.07, 6.45) is 0. The van der Waals surface area contributed by atoms with Crippen molar-refractivity contribution in [1.29, 1.82) is 5.26 Å². The molecule has 0 atom stereocenters. The molecule has 3 rings (SSSR count). The Bertz CT molecular complexity index is 1290. The van der Waals surface area contributed by atoms with Crippen LogP contribution in [-0.4, -0.2) is 25.2 Å². The Hall–Kier alpha value is -2.89. The van der Waals surface area contributed by atoms with E-state index in [1.165, 1.54) is 24.3 Å². The summed E-state index contributed by atoms with van der Waals surface area (Å²) in [4.78, 5) is 12.8. The number of amides is 1. The summed E-state index contributed by atoms with van der Waals surface area (Å²) in [5.41, 5.74) is 2.18. The number of sulfonamides is 1. The SMILES string of the molecule is Cc1ccc(S(=O)(=O)N(CC(=O)Nc2cccc(C#N)c2)Cc2ccc(Cl)cc2Cl)cc1. The van der Waals surface area contributed by atoms with E-state index in [9.17, 15) is 13.2 Å². The molecule has 0 heterocycles. The molecule has 0 spiro atoms. The quantitative estimate of drug-likeness (QED) is 0.507. The fourth-order valence-corrected chi connectivity index (χ4v) is 4.79. The monoisotopic (exact) mass is 487 g/mol. The first-order chi connectivity index (χ1) is 15.2. The highest BCUT2D eigenvalue weighted by Gasteiger charge is 2.27. The number of nitriles is 1. The molecular formula is C23H19Cl2N3O3S. The van der Waals surface area contributed by atoms with Gasteiger partial charge in [-0.25, -0.2) is 8.42 Å².